The van der Waals surface area contributed by atoms with Crippen LogP contribution in [0.3, 0.4) is 0 Å². The molecule has 1 aliphatic carbocycles. The van der Waals surface area contributed by atoms with E-state index in [1.54, 1.807) is 51.0 Å². The van der Waals surface area contributed by atoms with Crippen LogP contribution in [-0.2, 0) is 24.2 Å². The first-order valence-electron chi connectivity index (χ1n) is 23.8. The van der Waals surface area contributed by atoms with Crippen LogP contribution < -0.4 is 31.4 Å². The van der Waals surface area contributed by atoms with Gasteiger partial charge in [0.25, 0.3) is 6.47 Å². The summed E-state index contributed by atoms with van der Waals surface area (Å²) in [5.74, 6) is 0.285. The molecule has 3 aromatic rings. The highest BCUT2D eigenvalue weighted by molar-refractivity contribution is 7.92. The minimum Gasteiger partial charge on any atom is -0.497 e. The second-order valence-corrected chi connectivity index (χ2v) is 21.8. The third-order valence-corrected chi connectivity index (χ3v) is 15.2. The number of likely N-dealkylation sites (tertiary alicyclic amines) is 1. The number of carbonyl (C=O) groups is 4. The number of carboxylic acid groups (broad SMARTS) is 1. The number of fused-ring (bicyclic) bond motifs is 1. The number of nitrogens with one attached hydrogen (secondary N) is 5. The van der Waals surface area contributed by atoms with Gasteiger partial charge in [-0.15, -0.1) is 11.3 Å². The third kappa shape index (κ3) is 18.6. The first-order valence-corrected chi connectivity index (χ1v) is 26.3. The van der Waals surface area contributed by atoms with Crippen LogP contribution in [0, 0.1) is 5.92 Å². The van der Waals surface area contributed by atoms with Crippen LogP contribution in [-0.4, -0.2) is 107 Å². The summed E-state index contributed by atoms with van der Waals surface area (Å²) in [5.41, 5.74) is 1.34. The molecule has 67 heavy (non-hydrogen) atoms. The number of anilines is 1. The van der Waals surface area contributed by atoms with Crippen molar-refractivity contribution in [1.29, 1.82) is 0 Å². The second kappa shape index (κ2) is 28.4. The van der Waals surface area contributed by atoms with Crippen molar-refractivity contribution in [3.8, 4) is 17.1 Å². The first-order chi connectivity index (χ1) is 31.7. The summed E-state index contributed by atoms with van der Waals surface area (Å²) < 4.78 is 30.3. The SMILES string of the molecule is CC.CCCCC/C=C\C(C)C(C)NC(=O)[C@@H]1CCCN1C(=O)CNC(=O)NC1(CS(=O)(=O)C(C)(C)C)CCCCC1.COc1ccc2c(=O)cc(-c3csc(NC(C)C)n3)[nH]c2c1.O=CO. The van der Waals surface area contributed by atoms with Crippen molar-refractivity contribution in [1.82, 2.24) is 30.8 Å². The molecule has 3 heterocycles. The van der Waals surface area contributed by atoms with Gasteiger partial charge in [-0.25, -0.2) is 18.2 Å². The lowest BCUT2D eigenvalue weighted by molar-refractivity contribution is -0.138. The number of urea groups is 1. The van der Waals surface area contributed by atoms with Crippen molar-refractivity contribution in [2.24, 2.45) is 5.92 Å². The Kier molecular flexibility index (Phi) is 24.6. The quantitative estimate of drug-likeness (QED) is 0.0426. The fraction of sp³-hybridized carbons (Fsp3) is 0.633. The molecule has 1 saturated heterocycles. The molecule has 1 aliphatic heterocycles. The average Bonchev–Trinajstić information content (AvgIpc) is 3.97. The molecule has 3 atom stereocenters. The van der Waals surface area contributed by atoms with Gasteiger partial charge in [0.15, 0.2) is 20.4 Å². The average molecular weight is 974 g/mol. The molecule has 376 valence electrons. The number of sulfone groups is 1. The number of aromatic amines is 1. The molecule has 1 aromatic carbocycles. The summed E-state index contributed by atoms with van der Waals surface area (Å²) in [6.45, 7) is 19.4. The minimum atomic E-state index is -3.45. The number of ether oxygens (including phenoxy) is 1. The number of H-pyrrole nitrogens is 1. The van der Waals surface area contributed by atoms with Crippen LogP contribution >= 0.6 is 11.3 Å². The van der Waals surface area contributed by atoms with E-state index in [2.05, 4.69) is 71.1 Å². The zero-order valence-corrected chi connectivity index (χ0v) is 43.4. The number of benzene rings is 1. The van der Waals surface area contributed by atoms with Crippen LogP contribution in [0.1, 0.15) is 140 Å². The van der Waals surface area contributed by atoms with E-state index in [1.807, 2.05) is 32.2 Å². The molecule has 1 saturated carbocycles. The number of unbranched alkanes of at least 4 members (excludes halogenated alkanes) is 3. The molecular weight excluding hydrogens is 895 g/mol. The van der Waals surface area contributed by atoms with E-state index in [0.717, 1.165) is 48.4 Å². The third-order valence-electron chi connectivity index (χ3n) is 11.7. The van der Waals surface area contributed by atoms with E-state index in [4.69, 9.17) is 14.6 Å². The predicted octanol–water partition coefficient (Wildman–Crippen LogP) is 8.68. The summed E-state index contributed by atoms with van der Waals surface area (Å²) in [4.78, 5) is 68.9. The number of thiazole rings is 1. The van der Waals surface area contributed by atoms with Gasteiger partial charge in [0.1, 0.15) is 11.8 Å². The van der Waals surface area contributed by atoms with Crippen molar-refractivity contribution in [3.05, 3.63) is 52.0 Å². The summed E-state index contributed by atoms with van der Waals surface area (Å²) >= 11 is 1.52. The Labute approximate surface area is 402 Å². The number of carbonyl (C=O) groups excluding carboxylic acids is 3. The van der Waals surface area contributed by atoms with E-state index >= 15 is 0 Å². The predicted molar refractivity (Wildman–Crippen MR) is 272 cm³/mol. The highest BCUT2D eigenvalue weighted by Crippen LogP contribution is 2.33. The monoisotopic (exact) mass is 974 g/mol. The smallest absolute Gasteiger partial charge is 0.315 e. The standard InChI is InChI=1S/C30H54N4O5S.C16H17N3O2S.C2H6.CH2O2/c1-7-8-9-10-12-16-23(2)24(3)32-27(36)25-17-15-20-34(25)26(35)21-31-28(37)33-30(18-13-11-14-19-30)22-40(38,39)29(4,5)6;1-9(2)17-16-19-14(8-22-16)13-7-15(20)11-5-4-10(21-3)6-12(11)18-13;1-2;2-1-3/h12,16,23-25H,7-11,13-15,17-22H2,1-6H3,(H,32,36)(H2,31,33,37);4-9H,1-3H3,(H,17,19)(H,18,20);1-2H3;1H,(H,2,3)/b16-12-;;;/t23?,24?,25-;;;/m0.../s1. The van der Waals surface area contributed by atoms with Gasteiger partial charge >= 0.3 is 6.03 Å². The van der Waals surface area contributed by atoms with Crippen molar-refractivity contribution >= 4 is 61.5 Å². The van der Waals surface area contributed by atoms with Crippen LogP contribution in [0.25, 0.3) is 22.3 Å². The normalized spacial score (nSPS) is 16.5. The lowest BCUT2D eigenvalue weighted by atomic mass is 9.83. The maximum atomic E-state index is 13.1. The van der Waals surface area contributed by atoms with Gasteiger partial charge in [0.2, 0.25) is 11.8 Å². The second-order valence-electron chi connectivity index (χ2n) is 18.2. The number of amides is 4. The molecule has 16 nitrogen and oxygen atoms in total. The molecular formula is C49H79N7O9S2. The Bertz CT molecular complexity index is 2210. The number of hydrogen-bond donors (Lipinski definition) is 6. The molecule has 2 unspecified atom stereocenters. The van der Waals surface area contributed by atoms with E-state index in [9.17, 15) is 27.6 Å². The number of allylic oxidation sites excluding steroid dienone is 1. The fourth-order valence-electron chi connectivity index (χ4n) is 7.64. The molecule has 2 aromatic heterocycles. The highest BCUT2D eigenvalue weighted by atomic mass is 32.2. The van der Waals surface area contributed by atoms with Gasteiger partial charge in [-0.3, -0.25) is 19.2 Å². The number of methoxy groups -OCH3 is 1. The van der Waals surface area contributed by atoms with Crippen LogP contribution in [0.5, 0.6) is 5.75 Å². The topological polar surface area (TPSA) is 229 Å². The molecule has 18 heteroatoms. The molecule has 0 spiro atoms. The molecule has 4 amide bonds. The van der Waals surface area contributed by atoms with E-state index in [0.29, 0.717) is 48.7 Å². The fourth-order valence-corrected chi connectivity index (χ4v) is 10.0. The van der Waals surface area contributed by atoms with Crippen LogP contribution in [0.2, 0.25) is 0 Å². The zero-order chi connectivity index (χ0) is 50.4. The summed E-state index contributed by atoms with van der Waals surface area (Å²) in [6, 6.07) is 6.11. The Balaban J connectivity index is 0.000000476. The molecule has 2 fully saturated rings. The maximum absolute atomic E-state index is 13.1. The summed E-state index contributed by atoms with van der Waals surface area (Å²) in [7, 11) is -1.85. The molecule has 0 bridgehead atoms. The van der Waals surface area contributed by atoms with E-state index < -0.39 is 32.2 Å². The number of pyridine rings is 1. The van der Waals surface area contributed by atoms with E-state index in [-0.39, 0.29) is 48.0 Å². The lowest BCUT2D eigenvalue weighted by Crippen LogP contribution is -2.59. The van der Waals surface area contributed by atoms with Gasteiger partial charge in [-0.05, 0) is 98.1 Å². The number of rotatable bonds is 17. The van der Waals surface area contributed by atoms with Crippen LogP contribution in [0.4, 0.5) is 9.93 Å². The number of nitrogens with zero attached hydrogens (tertiary/aromatic N) is 2. The Morgan fingerprint density at radius 2 is 1.73 bits per heavy atom. The lowest BCUT2D eigenvalue weighted by Gasteiger charge is -2.39. The van der Waals surface area contributed by atoms with Gasteiger partial charge in [0, 0.05) is 41.5 Å². The Morgan fingerprint density at radius 1 is 1.06 bits per heavy atom. The molecule has 2 aliphatic rings. The van der Waals surface area contributed by atoms with Crippen LogP contribution in [0.15, 0.2) is 46.6 Å². The van der Waals surface area contributed by atoms with Crippen molar-refractivity contribution in [3.63, 3.8) is 0 Å². The van der Waals surface area contributed by atoms with Crippen molar-refractivity contribution < 1.29 is 37.4 Å². The first kappa shape index (κ1) is 58.2. The highest BCUT2D eigenvalue weighted by Gasteiger charge is 2.42. The number of hydrogen-bond acceptors (Lipinski definition) is 11. The minimum absolute atomic E-state index is 0.0298. The van der Waals surface area contributed by atoms with E-state index in [1.165, 1.54) is 30.6 Å². The van der Waals surface area contributed by atoms with Gasteiger partial charge in [-0.2, -0.15) is 0 Å². The van der Waals surface area contributed by atoms with Crippen molar-refractivity contribution in [2.45, 2.75) is 168 Å². The summed E-state index contributed by atoms with van der Waals surface area (Å²) in [6.07, 6.45) is 14.1. The van der Waals surface area contributed by atoms with Gasteiger partial charge in [-0.1, -0.05) is 72.0 Å². The largest absolute Gasteiger partial charge is 0.497 e. The molecule has 0 radical (unpaired) electrons. The van der Waals surface area contributed by atoms with Gasteiger partial charge in [0.05, 0.1) is 46.6 Å². The van der Waals surface area contributed by atoms with Gasteiger partial charge < -0.3 is 41.0 Å². The zero-order valence-electron chi connectivity index (χ0n) is 41.8. The Hall–Kier alpha value is -4.97. The summed E-state index contributed by atoms with van der Waals surface area (Å²) in [5, 5.41) is 22.2. The van der Waals surface area contributed by atoms with Crippen molar-refractivity contribution in [2.75, 3.05) is 31.3 Å². The Morgan fingerprint density at radius 3 is 2.34 bits per heavy atom. The molecule has 6 N–H and O–H groups in total. The molecule has 5 rings (SSSR count). The number of aromatic nitrogens is 2. The maximum Gasteiger partial charge on any atom is 0.315 e.